The third kappa shape index (κ3) is 19.2. The van der Waals surface area contributed by atoms with E-state index >= 15 is 0 Å². The van der Waals surface area contributed by atoms with Gasteiger partial charge >= 0.3 is 7.75 Å². The van der Waals surface area contributed by atoms with E-state index in [-0.39, 0.29) is 0 Å². The molecule has 1 N–H and O–H groups in total. The van der Waals surface area contributed by atoms with Crippen LogP contribution in [-0.4, -0.2) is 44.3 Å². The van der Waals surface area contributed by atoms with Gasteiger partial charge in [0.1, 0.15) is 0 Å². The van der Waals surface area contributed by atoms with Crippen LogP contribution in [0.5, 0.6) is 0 Å². The molecule has 228 valence electrons. The van der Waals surface area contributed by atoms with Crippen LogP contribution < -0.4 is 5.09 Å². The standard InChI is InChI=1S/C32H67N2O3P/c1-5-9-11-13-15-17-23-31(21-7-3)29-36-38(35,33-25-28-34-26-19-20-27-34)37-30-32(22-8-4)24-18-16-14-12-10-6-2/h31-32H,5-30H2,1-4H3,(H,33,35). The molecule has 0 bridgehead atoms. The van der Waals surface area contributed by atoms with Gasteiger partial charge in [0.2, 0.25) is 0 Å². The number of nitrogens with one attached hydrogen (secondary N) is 1. The van der Waals surface area contributed by atoms with Gasteiger partial charge in [-0.15, -0.1) is 0 Å². The van der Waals surface area contributed by atoms with Crippen LogP contribution in [0.3, 0.4) is 0 Å². The Hall–Kier alpha value is 0.0700. The van der Waals surface area contributed by atoms with Crippen LogP contribution in [-0.2, 0) is 13.6 Å². The molecule has 1 aliphatic heterocycles. The van der Waals surface area contributed by atoms with Gasteiger partial charge in [0.15, 0.2) is 0 Å². The Morgan fingerprint density at radius 2 is 1.08 bits per heavy atom. The van der Waals surface area contributed by atoms with Gasteiger partial charge in [0, 0.05) is 13.1 Å². The summed E-state index contributed by atoms with van der Waals surface area (Å²) < 4.78 is 26.3. The first-order chi connectivity index (χ1) is 18.6. The zero-order valence-electron chi connectivity index (χ0n) is 26.2. The largest absolute Gasteiger partial charge is 0.405 e. The lowest BCUT2D eigenvalue weighted by atomic mass is 9.97. The highest BCUT2D eigenvalue weighted by Crippen LogP contribution is 2.45. The minimum Gasteiger partial charge on any atom is -0.302 e. The van der Waals surface area contributed by atoms with Crippen molar-refractivity contribution in [3.8, 4) is 0 Å². The second-order valence-corrected chi connectivity index (χ2v) is 13.8. The van der Waals surface area contributed by atoms with Crippen molar-refractivity contribution in [3.05, 3.63) is 0 Å². The van der Waals surface area contributed by atoms with Crippen LogP contribution in [0.1, 0.15) is 156 Å². The van der Waals surface area contributed by atoms with Crippen molar-refractivity contribution in [2.45, 2.75) is 156 Å². The number of likely N-dealkylation sites (tertiary alicyclic amines) is 1. The minimum atomic E-state index is -3.32. The lowest BCUT2D eigenvalue weighted by Crippen LogP contribution is -2.30. The predicted octanol–water partition coefficient (Wildman–Crippen LogP) is 10.1. The van der Waals surface area contributed by atoms with Gasteiger partial charge in [0.25, 0.3) is 0 Å². The monoisotopic (exact) mass is 558 g/mol. The molecule has 0 aliphatic carbocycles. The molecule has 5 nitrogen and oxygen atoms in total. The first kappa shape index (κ1) is 36.1. The van der Waals surface area contributed by atoms with Crippen LogP contribution in [0.15, 0.2) is 0 Å². The third-order valence-corrected chi connectivity index (χ3v) is 9.81. The van der Waals surface area contributed by atoms with Gasteiger partial charge in [-0.1, -0.05) is 118 Å². The smallest absolute Gasteiger partial charge is 0.302 e. The van der Waals surface area contributed by atoms with Crippen molar-refractivity contribution in [1.82, 2.24) is 9.99 Å². The summed E-state index contributed by atoms with van der Waals surface area (Å²) in [6, 6.07) is 0. The molecule has 0 radical (unpaired) electrons. The maximum Gasteiger partial charge on any atom is 0.405 e. The number of unbranched alkanes of at least 4 members (excludes halogenated alkanes) is 10. The molecule has 2 atom stereocenters. The van der Waals surface area contributed by atoms with E-state index in [1.54, 1.807) is 0 Å². The van der Waals surface area contributed by atoms with E-state index in [2.05, 4.69) is 37.7 Å². The summed E-state index contributed by atoms with van der Waals surface area (Å²) in [5.41, 5.74) is 0. The first-order valence-electron chi connectivity index (χ1n) is 16.9. The summed E-state index contributed by atoms with van der Waals surface area (Å²) in [4.78, 5) is 2.45. The van der Waals surface area contributed by atoms with Crippen LogP contribution in [0.4, 0.5) is 0 Å². The summed E-state index contributed by atoms with van der Waals surface area (Å²) in [5, 5.41) is 3.27. The van der Waals surface area contributed by atoms with Gasteiger partial charge in [-0.05, 0) is 63.5 Å². The quantitative estimate of drug-likeness (QED) is 0.0764. The van der Waals surface area contributed by atoms with E-state index in [4.69, 9.17) is 9.05 Å². The van der Waals surface area contributed by atoms with Crippen molar-refractivity contribution < 1.29 is 13.6 Å². The molecule has 1 aliphatic rings. The third-order valence-electron chi connectivity index (χ3n) is 8.22. The van der Waals surface area contributed by atoms with E-state index in [0.29, 0.717) is 31.6 Å². The van der Waals surface area contributed by atoms with Gasteiger partial charge < -0.3 is 4.90 Å². The van der Waals surface area contributed by atoms with Crippen LogP contribution in [0, 0.1) is 11.8 Å². The Morgan fingerprint density at radius 1 is 0.632 bits per heavy atom. The lowest BCUT2D eigenvalue weighted by molar-refractivity contribution is 0.141. The second-order valence-electron chi connectivity index (χ2n) is 12.0. The van der Waals surface area contributed by atoms with E-state index in [1.165, 1.54) is 103 Å². The van der Waals surface area contributed by atoms with Crippen molar-refractivity contribution in [3.63, 3.8) is 0 Å². The summed E-state index contributed by atoms with van der Waals surface area (Å²) in [6.45, 7) is 14.0. The number of rotatable bonds is 28. The zero-order valence-corrected chi connectivity index (χ0v) is 27.1. The molecule has 1 fully saturated rings. The zero-order chi connectivity index (χ0) is 27.7. The Morgan fingerprint density at radius 3 is 1.53 bits per heavy atom. The lowest BCUT2D eigenvalue weighted by Gasteiger charge is -2.26. The highest BCUT2D eigenvalue weighted by Gasteiger charge is 2.28. The van der Waals surface area contributed by atoms with Gasteiger partial charge in [0.05, 0.1) is 13.2 Å². The molecule has 1 heterocycles. The maximum absolute atomic E-state index is 13.9. The van der Waals surface area contributed by atoms with E-state index in [9.17, 15) is 4.57 Å². The Bertz CT molecular complexity index is 523. The van der Waals surface area contributed by atoms with Crippen molar-refractivity contribution >= 4 is 7.75 Å². The maximum atomic E-state index is 13.9. The first-order valence-corrected chi connectivity index (χ1v) is 18.5. The SMILES string of the molecule is CCCCCCCCC(CCC)COP(=O)(NCCN1CCCC1)OCC(CCC)CCCCCCCC. The summed E-state index contributed by atoms with van der Waals surface area (Å²) in [7, 11) is -3.32. The molecule has 0 amide bonds. The highest BCUT2D eigenvalue weighted by atomic mass is 31.2. The molecule has 1 rings (SSSR count). The Kier molecular flexibility index (Phi) is 23.6. The molecular weight excluding hydrogens is 491 g/mol. The molecular formula is C32H67N2O3P. The fourth-order valence-corrected chi connectivity index (χ4v) is 7.20. The van der Waals surface area contributed by atoms with Gasteiger partial charge in [-0.2, -0.15) is 0 Å². The van der Waals surface area contributed by atoms with Gasteiger partial charge in [-0.25, -0.2) is 9.65 Å². The topological polar surface area (TPSA) is 50.8 Å². The average Bonchev–Trinajstić information content (AvgIpc) is 3.43. The molecule has 6 heteroatoms. The van der Waals surface area contributed by atoms with Crippen molar-refractivity contribution in [2.24, 2.45) is 11.8 Å². The fraction of sp³-hybridized carbons (Fsp3) is 1.00. The predicted molar refractivity (Wildman–Crippen MR) is 166 cm³/mol. The molecule has 0 aromatic heterocycles. The number of nitrogens with zero attached hydrogens (tertiary/aromatic N) is 1. The Balaban J connectivity index is 2.59. The molecule has 0 saturated carbocycles. The van der Waals surface area contributed by atoms with Crippen LogP contribution in [0.2, 0.25) is 0 Å². The molecule has 1 saturated heterocycles. The Labute approximate surface area is 238 Å². The van der Waals surface area contributed by atoms with Gasteiger partial charge in [-0.3, -0.25) is 9.05 Å². The van der Waals surface area contributed by atoms with Crippen LogP contribution in [0.25, 0.3) is 0 Å². The van der Waals surface area contributed by atoms with Crippen LogP contribution >= 0.6 is 7.75 Å². The van der Waals surface area contributed by atoms with E-state index in [0.717, 1.165) is 45.3 Å². The highest BCUT2D eigenvalue weighted by molar-refractivity contribution is 7.51. The molecule has 0 aromatic rings. The van der Waals surface area contributed by atoms with E-state index in [1.807, 2.05) is 0 Å². The number of hydrogen-bond acceptors (Lipinski definition) is 4. The molecule has 0 spiro atoms. The fourth-order valence-electron chi connectivity index (χ4n) is 5.75. The van der Waals surface area contributed by atoms with Crippen molar-refractivity contribution in [1.29, 1.82) is 0 Å². The van der Waals surface area contributed by atoms with E-state index < -0.39 is 7.75 Å². The molecule has 0 aromatic carbocycles. The molecule has 2 unspecified atom stereocenters. The molecule has 38 heavy (non-hydrogen) atoms. The summed E-state index contributed by atoms with van der Waals surface area (Å²) in [6.07, 6.45) is 25.3. The van der Waals surface area contributed by atoms with Crippen molar-refractivity contribution in [2.75, 3.05) is 39.4 Å². The summed E-state index contributed by atoms with van der Waals surface area (Å²) >= 11 is 0. The normalized spacial score (nSPS) is 17.6. The minimum absolute atomic E-state index is 0.470. The second kappa shape index (κ2) is 24.8. The average molecular weight is 559 g/mol. The summed E-state index contributed by atoms with van der Waals surface area (Å²) in [5.74, 6) is 0.941. The number of hydrogen-bond donors (Lipinski definition) is 1.